The van der Waals surface area contributed by atoms with Crippen molar-refractivity contribution in [3.63, 3.8) is 0 Å². The van der Waals surface area contributed by atoms with Crippen LogP contribution in [0.3, 0.4) is 0 Å². The molecule has 2 aromatic rings. The molecule has 1 spiro atoms. The molecule has 6 heteroatoms. The fraction of sp³-hybridized carbons (Fsp3) is 0.176. The number of hydrogen-bond acceptors (Lipinski definition) is 3. The molecule has 4 rings (SSSR count). The molecule has 1 atom stereocenters. The Morgan fingerprint density at radius 3 is 2.65 bits per heavy atom. The maximum atomic E-state index is 12.8. The third-order valence-corrected chi connectivity index (χ3v) is 5.80. The second-order valence-corrected chi connectivity index (χ2v) is 7.25. The van der Waals surface area contributed by atoms with Crippen molar-refractivity contribution in [2.45, 2.75) is 11.8 Å². The minimum atomic E-state index is -1.04. The quantitative estimate of drug-likeness (QED) is 0.861. The number of anilines is 2. The molecule has 2 aliphatic rings. The van der Waals surface area contributed by atoms with E-state index in [1.165, 1.54) is 11.8 Å². The van der Waals surface area contributed by atoms with E-state index < -0.39 is 4.87 Å². The van der Waals surface area contributed by atoms with Gasteiger partial charge in [0.15, 0.2) is 0 Å². The van der Waals surface area contributed by atoms with Gasteiger partial charge >= 0.3 is 0 Å². The van der Waals surface area contributed by atoms with Crippen molar-refractivity contribution in [1.29, 1.82) is 0 Å². The van der Waals surface area contributed by atoms with Crippen LogP contribution in [0.5, 0.6) is 0 Å². The number of nitrogens with one attached hydrogen (secondary N) is 1. The van der Waals surface area contributed by atoms with Crippen LogP contribution < -0.4 is 10.2 Å². The van der Waals surface area contributed by atoms with E-state index in [4.69, 9.17) is 11.6 Å². The molecule has 0 aromatic heterocycles. The number of hydrogen-bond donors (Lipinski definition) is 1. The van der Waals surface area contributed by atoms with Gasteiger partial charge in [-0.1, -0.05) is 29.3 Å². The molecule has 0 aliphatic carbocycles. The Hall–Kier alpha value is -1.98. The van der Waals surface area contributed by atoms with Gasteiger partial charge in [0.1, 0.15) is 0 Å². The van der Waals surface area contributed by atoms with Crippen LogP contribution in [0.15, 0.2) is 42.5 Å². The van der Waals surface area contributed by atoms with Crippen molar-refractivity contribution in [3.8, 4) is 0 Å². The van der Waals surface area contributed by atoms with E-state index in [0.29, 0.717) is 10.7 Å². The van der Waals surface area contributed by atoms with Gasteiger partial charge in [0.05, 0.1) is 5.75 Å². The third kappa shape index (κ3) is 2.00. The summed E-state index contributed by atoms with van der Waals surface area (Å²) in [6.07, 6.45) is 0. The number of halogens is 1. The molecule has 4 nitrogen and oxygen atoms in total. The lowest BCUT2D eigenvalue weighted by molar-refractivity contribution is -0.122. The number of nitrogens with zero attached hydrogens (tertiary/aromatic N) is 1. The van der Waals surface area contributed by atoms with Crippen molar-refractivity contribution >= 4 is 46.6 Å². The molecule has 116 valence electrons. The Labute approximate surface area is 142 Å². The van der Waals surface area contributed by atoms with E-state index in [9.17, 15) is 9.59 Å². The highest BCUT2D eigenvalue weighted by molar-refractivity contribution is 8.02. The largest absolute Gasteiger partial charge is 0.323 e. The zero-order valence-electron chi connectivity index (χ0n) is 12.3. The summed E-state index contributed by atoms with van der Waals surface area (Å²) in [6, 6.07) is 12.8. The first-order valence-corrected chi connectivity index (χ1v) is 8.54. The second-order valence-electron chi connectivity index (χ2n) is 5.64. The minimum Gasteiger partial charge on any atom is -0.323 e. The van der Waals surface area contributed by atoms with E-state index >= 15 is 0 Å². The second kappa shape index (κ2) is 5.01. The van der Waals surface area contributed by atoms with Crippen LogP contribution in [0, 0.1) is 6.92 Å². The van der Waals surface area contributed by atoms with Crippen molar-refractivity contribution in [2.24, 2.45) is 0 Å². The predicted octanol–water partition coefficient (Wildman–Crippen LogP) is 3.53. The van der Waals surface area contributed by atoms with Crippen LogP contribution in [-0.2, 0) is 14.5 Å². The molecule has 0 unspecified atom stereocenters. The maximum Gasteiger partial charge on any atom is 0.266 e. The molecule has 0 radical (unpaired) electrons. The molecule has 0 bridgehead atoms. The predicted molar refractivity (Wildman–Crippen MR) is 92.9 cm³/mol. The van der Waals surface area contributed by atoms with Crippen LogP contribution >= 0.6 is 23.4 Å². The summed E-state index contributed by atoms with van der Waals surface area (Å²) in [5.41, 5.74) is 3.33. The zero-order valence-corrected chi connectivity index (χ0v) is 13.9. The van der Waals surface area contributed by atoms with Gasteiger partial charge in [0.2, 0.25) is 10.8 Å². The van der Waals surface area contributed by atoms with Gasteiger partial charge in [-0.3, -0.25) is 14.5 Å². The summed E-state index contributed by atoms with van der Waals surface area (Å²) in [5.74, 6) is 0.00871. The Kier molecular flexibility index (Phi) is 3.18. The summed E-state index contributed by atoms with van der Waals surface area (Å²) < 4.78 is 0. The first-order chi connectivity index (χ1) is 11.0. The normalized spacial score (nSPS) is 22.6. The van der Waals surface area contributed by atoms with Crippen LogP contribution in [0.1, 0.15) is 11.1 Å². The van der Waals surface area contributed by atoms with Crippen molar-refractivity contribution < 1.29 is 9.59 Å². The van der Waals surface area contributed by atoms with E-state index in [0.717, 1.165) is 16.8 Å². The zero-order chi connectivity index (χ0) is 16.2. The number of thioether (sulfide) groups is 1. The lowest BCUT2D eigenvalue weighted by Crippen LogP contribution is -2.47. The number of carbonyl (C=O) groups excluding carboxylic acids is 2. The van der Waals surface area contributed by atoms with E-state index in [1.807, 2.05) is 25.1 Å². The number of aryl methyl sites for hydroxylation is 1. The fourth-order valence-electron chi connectivity index (χ4n) is 3.13. The molecule has 23 heavy (non-hydrogen) atoms. The first-order valence-electron chi connectivity index (χ1n) is 7.17. The van der Waals surface area contributed by atoms with Gasteiger partial charge in [-0.05, 0) is 37.3 Å². The number of benzene rings is 2. The highest BCUT2D eigenvalue weighted by Crippen LogP contribution is 2.53. The van der Waals surface area contributed by atoms with Crippen LogP contribution in [-0.4, -0.2) is 17.6 Å². The van der Waals surface area contributed by atoms with Gasteiger partial charge in [0, 0.05) is 22.0 Å². The molecule has 1 N–H and O–H groups in total. The lowest BCUT2D eigenvalue weighted by Gasteiger charge is -2.32. The third-order valence-electron chi connectivity index (χ3n) is 4.15. The van der Waals surface area contributed by atoms with E-state index in [2.05, 4.69) is 5.32 Å². The summed E-state index contributed by atoms with van der Waals surface area (Å²) in [5, 5.41) is 3.50. The van der Waals surface area contributed by atoms with Gasteiger partial charge in [0.25, 0.3) is 5.91 Å². The summed E-state index contributed by atoms with van der Waals surface area (Å²) in [7, 11) is 0. The van der Waals surface area contributed by atoms with Gasteiger partial charge in [-0.15, -0.1) is 11.8 Å². The van der Waals surface area contributed by atoms with Crippen molar-refractivity contribution in [1.82, 2.24) is 0 Å². The van der Waals surface area contributed by atoms with Crippen LogP contribution in [0.25, 0.3) is 0 Å². The van der Waals surface area contributed by atoms with Crippen LogP contribution in [0.4, 0.5) is 11.4 Å². The molecule has 2 aromatic carbocycles. The average molecular weight is 345 g/mol. The molecule has 2 amide bonds. The Morgan fingerprint density at radius 2 is 1.91 bits per heavy atom. The fourth-order valence-corrected chi connectivity index (χ4v) is 4.56. The van der Waals surface area contributed by atoms with Crippen LogP contribution in [0.2, 0.25) is 5.02 Å². The summed E-state index contributed by atoms with van der Waals surface area (Å²) in [6.45, 7) is 1.98. The molecule has 0 saturated carbocycles. The maximum absolute atomic E-state index is 12.8. The molecule has 1 saturated heterocycles. The SMILES string of the molecule is Cc1ccc2c(c1)[C@@]1(SCC(=O)N1c1ccc(Cl)cc1)C(=O)N2. The van der Waals surface area contributed by atoms with Gasteiger partial charge in [-0.2, -0.15) is 0 Å². The molecule has 1 fully saturated rings. The Balaban J connectivity index is 1.93. The van der Waals surface area contributed by atoms with Crippen molar-refractivity contribution in [3.05, 3.63) is 58.6 Å². The monoisotopic (exact) mass is 344 g/mol. The molecule has 2 aliphatic heterocycles. The Morgan fingerprint density at radius 1 is 1.17 bits per heavy atom. The van der Waals surface area contributed by atoms with E-state index in [1.54, 1.807) is 29.2 Å². The number of amides is 2. The smallest absolute Gasteiger partial charge is 0.266 e. The Bertz CT molecular complexity index is 837. The average Bonchev–Trinajstić information content (AvgIpc) is 3.01. The summed E-state index contributed by atoms with van der Waals surface area (Å²) >= 11 is 7.31. The standard InChI is InChI=1S/C17H13ClN2O2S/c1-10-2-7-14-13(8-10)17(16(22)19-14)20(15(21)9-23-17)12-5-3-11(18)4-6-12/h2-8H,9H2,1H3,(H,19,22)/t17-/m1/s1. The van der Waals surface area contributed by atoms with Crippen molar-refractivity contribution in [2.75, 3.05) is 16.0 Å². The van der Waals surface area contributed by atoms with E-state index in [-0.39, 0.29) is 17.6 Å². The van der Waals surface area contributed by atoms with Gasteiger partial charge in [-0.25, -0.2) is 0 Å². The lowest BCUT2D eigenvalue weighted by atomic mass is 10.0. The number of carbonyl (C=O) groups is 2. The number of rotatable bonds is 1. The summed E-state index contributed by atoms with van der Waals surface area (Å²) in [4.78, 5) is 25.9. The molecular weight excluding hydrogens is 332 g/mol. The minimum absolute atomic E-state index is 0.0816. The molecule has 2 heterocycles. The highest BCUT2D eigenvalue weighted by atomic mass is 35.5. The highest BCUT2D eigenvalue weighted by Gasteiger charge is 2.58. The first kappa shape index (κ1) is 14.6. The molecular formula is C17H13ClN2O2S. The topological polar surface area (TPSA) is 49.4 Å². The number of fused-ring (bicyclic) bond motifs is 2. The van der Waals surface area contributed by atoms with Gasteiger partial charge < -0.3 is 5.32 Å².